The molecular formula is C39H31N7O2. The van der Waals surface area contributed by atoms with Gasteiger partial charge in [-0.05, 0) is 84.6 Å². The van der Waals surface area contributed by atoms with Crippen LogP contribution in [0.3, 0.4) is 0 Å². The van der Waals surface area contributed by atoms with Gasteiger partial charge in [0.25, 0.3) is 0 Å². The first kappa shape index (κ1) is 30.1. The number of nitrogens with zero attached hydrogens (tertiary/aromatic N) is 6. The number of hydrogen-bond donors (Lipinski definition) is 2. The topological polar surface area (TPSA) is 124 Å². The summed E-state index contributed by atoms with van der Waals surface area (Å²) in [5, 5.41) is 9.33. The number of carboxylic acid groups (broad SMARTS) is 1. The van der Waals surface area contributed by atoms with Crippen LogP contribution in [0, 0.1) is 13.8 Å². The first-order valence-electron chi connectivity index (χ1n) is 15.4. The van der Waals surface area contributed by atoms with E-state index in [0.717, 1.165) is 61.8 Å². The number of benzene rings is 2. The van der Waals surface area contributed by atoms with Crippen LogP contribution in [0.2, 0.25) is 0 Å². The Labute approximate surface area is 276 Å². The fourth-order valence-electron chi connectivity index (χ4n) is 5.76. The average Bonchev–Trinajstić information content (AvgIpc) is 3.71. The summed E-state index contributed by atoms with van der Waals surface area (Å²) in [5.41, 5.74) is 17.6. The quantitative estimate of drug-likeness (QED) is 0.198. The monoisotopic (exact) mass is 629 g/mol. The maximum absolute atomic E-state index is 11.4. The van der Waals surface area contributed by atoms with Gasteiger partial charge in [0.15, 0.2) is 5.69 Å². The van der Waals surface area contributed by atoms with Crippen molar-refractivity contribution in [2.75, 3.05) is 5.73 Å². The van der Waals surface area contributed by atoms with E-state index in [4.69, 9.17) is 5.73 Å². The molecule has 0 atom stereocenters. The van der Waals surface area contributed by atoms with Gasteiger partial charge in [-0.1, -0.05) is 60.7 Å². The lowest BCUT2D eigenvalue weighted by Crippen LogP contribution is -2.01. The van der Waals surface area contributed by atoms with E-state index in [1.54, 1.807) is 16.8 Å². The minimum atomic E-state index is -1.00. The van der Waals surface area contributed by atoms with Crippen molar-refractivity contribution in [1.29, 1.82) is 0 Å². The lowest BCUT2D eigenvalue weighted by molar-refractivity contribution is 0.0689. The maximum Gasteiger partial charge on any atom is 0.354 e. The third kappa shape index (κ3) is 5.88. The number of fused-ring (bicyclic) bond motifs is 2. The Kier molecular flexibility index (Phi) is 7.92. The molecule has 6 aromatic heterocycles. The molecule has 8 rings (SSSR count). The van der Waals surface area contributed by atoms with Crippen LogP contribution >= 0.6 is 0 Å². The largest absolute Gasteiger partial charge is 0.477 e. The number of carboxylic acids is 1. The number of imidazole rings is 2. The Morgan fingerprint density at radius 2 is 1.06 bits per heavy atom. The van der Waals surface area contributed by atoms with E-state index in [0.29, 0.717) is 11.5 Å². The van der Waals surface area contributed by atoms with E-state index >= 15 is 0 Å². The number of aryl methyl sites for hydroxylation is 2. The molecule has 48 heavy (non-hydrogen) atoms. The molecule has 9 heteroatoms. The van der Waals surface area contributed by atoms with Gasteiger partial charge < -0.3 is 10.8 Å². The molecule has 0 bridgehead atoms. The van der Waals surface area contributed by atoms with Crippen LogP contribution in [0.25, 0.3) is 56.1 Å². The second-order valence-corrected chi connectivity index (χ2v) is 11.3. The molecule has 0 aliphatic rings. The second kappa shape index (κ2) is 12.6. The third-order valence-electron chi connectivity index (χ3n) is 8.06. The molecule has 0 amide bonds. The van der Waals surface area contributed by atoms with E-state index < -0.39 is 5.97 Å². The molecule has 0 saturated carbocycles. The highest BCUT2D eigenvalue weighted by atomic mass is 16.4. The number of carbonyl (C=O) groups is 1. The Balaban J connectivity index is 0.000000152. The molecule has 0 unspecified atom stereocenters. The van der Waals surface area contributed by atoms with Crippen LogP contribution in [0.1, 0.15) is 21.9 Å². The number of nitrogen functional groups attached to an aromatic ring is 1. The standard InChI is InChI=1S/C20H15N3O2.C19H16N4/c1-13-5-4-8-17(22-13)16-7-3-2-6-15(16)14-9-10-19-21-11-18(20(24)25)23(19)12-14;1-13-5-4-8-17(22-13)16-7-3-2-6-15(16)14-9-10-19-21-11-18(20)23(19)12-14/h2-12H,1H3,(H,24,25);2-12H,20H2,1H3. The van der Waals surface area contributed by atoms with Gasteiger partial charge in [-0.2, -0.15) is 0 Å². The molecule has 0 aliphatic carbocycles. The highest BCUT2D eigenvalue weighted by molar-refractivity contribution is 5.88. The number of pyridine rings is 4. The summed E-state index contributed by atoms with van der Waals surface area (Å²) in [4.78, 5) is 29.1. The summed E-state index contributed by atoms with van der Waals surface area (Å²) >= 11 is 0. The van der Waals surface area contributed by atoms with Gasteiger partial charge >= 0.3 is 5.97 Å². The number of rotatable bonds is 5. The molecule has 2 aromatic carbocycles. The minimum absolute atomic E-state index is 0.142. The summed E-state index contributed by atoms with van der Waals surface area (Å²) in [6.07, 6.45) is 6.87. The van der Waals surface area contributed by atoms with Crippen LogP contribution in [0.5, 0.6) is 0 Å². The molecule has 6 heterocycles. The van der Waals surface area contributed by atoms with Crippen molar-refractivity contribution in [3.05, 3.63) is 151 Å². The smallest absolute Gasteiger partial charge is 0.354 e. The van der Waals surface area contributed by atoms with Crippen molar-refractivity contribution in [2.45, 2.75) is 13.8 Å². The van der Waals surface area contributed by atoms with Gasteiger partial charge in [-0.3, -0.25) is 18.8 Å². The highest BCUT2D eigenvalue weighted by Crippen LogP contribution is 2.33. The molecule has 0 radical (unpaired) electrons. The van der Waals surface area contributed by atoms with E-state index in [-0.39, 0.29) is 5.69 Å². The highest BCUT2D eigenvalue weighted by Gasteiger charge is 2.14. The van der Waals surface area contributed by atoms with Gasteiger partial charge in [-0.25, -0.2) is 14.8 Å². The van der Waals surface area contributed by atoms with E-state index in [9.17, 15) is 9.90 Å². The van der Waals surface area contributed by atoms with Crippen molar-refractivity contribution in [3.8, 4) is 44.8 Å². The fraction of sp³-hybridized carbons (Fsp3) is 0.0513. The van der Waals surface area contributed by atoms with Crippen LogP contribution < -0.4 is 5.73 Å². The van der Waals surface area contributed by atoms with Crippen molar-refractivity contribution < 1.29 is 9.90 Å². The lowest BCUT2D eigenvalue weighted by atomic mass is 9.98. The predicted molar refractivity (Wildman–Crippen MR) is 189 cm³/mol. The van der Waals surface area contributed by atoms with E-state index in [1.165, 1.54) is 6.20 Å². The van der Waals surface area contributed by atoms with Crippen LogP contribution in [0.4, 0.5) is 5.82 Å². The summed E-state index contributed by atoms with van der Waals surface area (Å²) in [6.45, 7) is 3.97. The van der Waals surface area contributed by atoms with Crippen molar-refractivity contribution in [1.82, 2.24) is 28.7 Å². The lowest BCUT2D eigenvalue weighted by Gasteiger charge is -2.11. The Morgan fingerprint density at radius 3 is 1.58 bits per heavy atom. The molecule has 3 N–H and O–H groups in total. The number of anilines is 1. The first-order chi connectivity index (χ1) is 23.4. The molecule has 0 spiro atoms. The van der Waals surface area contributed by atoms with Gasteiger partial charge in [0.05, 0.1) is 23.8 Å². The maximum atomic E-state index is 11.4. The molecular weight excluding hydrogens is 598 g/mol. The number of aromatic nitrogens is 6. The van der Waals surface area contributed by atoms with E-state index in [2.05, 4.69) is 38.1 Å². The Hall–Kier alpha value is -6.61. The Bertz CT molecular complexity index is 2440. The minimum Gasteiger partial charge on any atom is -0.477 e. The van der Waals surface area contributed by atoms with Gasteiger partial charge in [0, 0.05) is 34.9 Å². The van der Waals surface area contributed by atoms with Gasteiger partial charge in [-0.15, -0.1) is 0 Å². The zero-order valence-electron chi connectivity index (χ0n) is 26.3. The first-order valence-corrected chi connectivity index (χ1v) is 15.4. The average molecular weight is 630 g/mol. The summed E-state index contributed by atoms with van der Waals surface area (Å²) < 4.78 is 3.49. The summed E-state index contributed by atoms with van der Waals surface area (Å²) in [7, 11) is 0. The van der Waals surface area contributed by atoms with Crippen molar-refractivity contribution in [3.63, 3.8) is 0 Å². The zero-order valence-corrected chi connectivity index (χ0v) is 26.3. The second-order valence-electron chi connectivity index (χ2n) is 11.3. The number of hydrogen-bond acceptors (Lipinski definition) is 6. The van der Waals surface area contributed by atoms with Gasteiger partial charge in [0.2, 0.25) is 0 Å². The SMILES string of the molecule is Cc1cccc(-c2ccccc2-c2ccc3ncc(C(=O)O)n3c2)n1.Cc1cccc(-c2ccccc2-c2ccc3ncc(N)n3c2)n1. The Morgan fingerprint density at radius 1 is 0.583 bits per heavy atom. The van der Waals surface area contributed by atoms with Crippen LogP contribution in [-0.2, 0) is 0 Å². The molecule has 0 fully saturated rings. The summed E-state index contributed by atoms with van der Waals surface area (Å²) in [5.74, 6) is -0.369. The van der Waals surface area contributed by atoms with Crippen molar-refractivity contribution in [2.24, 2.45) is 0 Å². The molecule has 8 aromatic rings. The van der Waals surface area contributed by atoms with Crippen LogP contribution in [-0.4, -0.2) is 39.8 Å². The number of aromatic carboxylic acids is 1. The molecule has 234 valence electrons. The van der Waals surface area contributed by atoms with Crippen LogP contribution in [0.15, 0.2) is 134 Å². The third-order valence-corrected chi connectivity index (χ3v) is 8.06. The van der Waals surface area contributed by atoms with Gasteiger partial charge in [0.1, 0.15) is 17.1 Å². The molecule has 9 nitrogen and oxygen atoms in total. The molecule has 0 saturated heterocycles. The zero-order chi connectivity index (χ0) is 33.2. The molecule has 0 aliphatic heterocycles. The number of nitrogens with two attached hydrogens (primary N) is 1. The normalized spacial score (nSPS) is 11.0. The van der Waals surface area contributed by atoms with E-state index in [1.807, 2.05) is 115 Å². The fourth-order valence-corrected chi connectivity index (χ4v) is 5.76. The van der Waals surface area contributed by atoms with Crippen molar-refractivity contribution >= 4 is 23.1 Å². The predicted octanol–water partition coefficient (Wildman–Crippen LogP) is 8.02. The summed E-state index contributed by atoms with van der Waals surface area (Å²) in [6, 6.07) is 36.1.